The molecule has 19 heavy (non-hydrogen) atoms. The Kier molecular flexibility index (Phi) is 4.11. The quantitative estimate of drug-likeness (QED) is 0.871. The van der Waals surface area contributed by atoms with Crippen LogP contribution in [0.1, 0.15) is 33.9 Å². The Labute approximate surface area is 115 Å². The zero-order valence-corrected chi connectivity index (χ0v) is 11.8. The number of carbonyl (C=O) groups is 1. The standard InChI is InChI=1S/C13H15N3O2S/c1-8(10-5-4-6-14-7-10)15-13-16-9(2)11(19-13)12(17)18-3/h4-8H,1-3H3,(H,15,16). The monoisotopic (exact) mass is 277 g/mol. The third-order valence-electron chi connectivity index (χ3n) is 2.69. The van der Waals surface area contributed by atoms with Crippen molar-refractivity contribution in [2.24, 2.45) is 0 Å². The summed E-state index contributed by atoms with van der Waals surface area (Å²) in [6.07, 6.45) is 3.54. The lowest BCUT2D eigenvalue weighted by Crippen LogP contribution is -2.06. The van der Waals surface area contributed by atoms with Crippen molar-refractivity contribution in [2.45, 2.75) is 19.9 Å². The molecule has 0 aromatic carbocycles. The highest BCUT2D eigenvalue weighted by atomic mass is 32.1. The summed E-state index contributed by atoms with van der Waals surface area (Å²) in [6, 6.07) is 3.96. The largest absolute Gasteiger partial charge is 0.465 e. The Balaban J connectivity index is 2.14. The van der Waals surface area contributed by atoms with Crippen molar-refractivity contribution in [3.8, 4) is 0 Å². The maximum absolute atomic E-state index is 11.5. The Hall–Kier alpha value is -1.95. The van der Waals surface area contributed by atoms with Gasteiger partial charge >= 0.3 is 5.97 Å². The Morgan fingerprint density at radius 3 is 2.95 bits per heavy atom. The van der Waals surface area contributed by atoms with E-state index in [4.69, 9.17) is 4.74 Å². The van der Waals surface area contributed by atoms with Crippen LogP contribution in [-0.4, -0.2) is 23.0 Å². The number of aryl methyl sites for hydroxylation is 1. The molecule has 2 aromatic heterocycles. The molecule has 2 aromatic rings. The number of ether oxygens (including phenoxy) is 1. The van der Waals surface area contributed by atoms with E-state index >= 15 is 0 Å². The van der Waals surface area contributed by atoms with E-state index in [0.29, 0.717) is 15.7 Å². The summed E-state index contributed by atoms with van der Waals surface area (Å²) in [5, 5.41) is 3.96. The van der Waals surface area contributed by atoms with Crippen LogP contribution in [0.2, 0.25) is 0 Å². The van der Waals surface area contributed by atoms with Gasteiger partial charge in [-0.15, -0.1) is 0 Å². The SMILES string of the molecule is COC(=O)c1sc(NC(C)c2cccnc2)nc1C. The highest BCUT2D eigenvalue weighted by molar-refractivity contribution is 7.17. The second-order valence-corrected chi connectivity index (χ2v) is 5.08. The molecule has 0 bridgehead atoms. The Morgan fingerprint density at radius 1 is 1.53 bits per heavy atom. The van der Waals surface area contributed by atoms with Crippen LogP contribution in [-0.2, 0) is 4.74 Å². The van der Waals surface area contributed by atoms with Crippen molar-refractivity contribution in [2.75, 3.05) is 12.4 Å². The maximum atomic E-state index is 11.5. The highest BCUT2D eigenvalue weighted by Gasteiger charge is 2.16. The number of thiazole rings is 1. The lowest BCUT2D eigenvalue weighted by atomic mass is 10.1. The van der Waals surface area contributed by atoms with Gasteiger partial charge < -0.3 is 10.1 Å². The van der Waals surface area contributed by atoms with Crippen molar-refractivity contribution in [1.82, 2.24) is 9.97 Å². The van der Waals surface area contributed by atoms with Gasteiger partial charge in [-0.3, -0.25) is 4.98 Å². The summed E-state index contributed by atoms with van der Waals surface area (Å²) in [6.45, 7) is 3.81. The van der Waals surface area contributed by atoms with Crippen LogP contribution < -0.4 is 5.32 Å². The number of nitrogens with one attached hydrogen (secondary N) is 1. The van der Waals surface area contributed by atoms with Gasteiger partial charge in [0.05, 0.1) is 18.8 Å². The van der Waals surface area contributed by atoms with Crippen LogP contribution >= 0.6 is 11.3 Å². The fraction of sp³-hybridized carbons (Fsp3) is 0.308. The van der Waals surface area contributed by atoms with E-state index in [9.17, 15) is 4.79 Å². The number of rotatable bonds is 4. The van der Waals surface area contributed by atoms with Gasteiger partial charge in [-0.25, -0.2) is 9.78 Å². The molecule has 1 atom stereocenters. The number of hydrogen-bond donors (Lipinski definition) is 1. The number of nitrogens with zero attached hydrogens (tertiary/aromatic N) is 2. The first kappa shape index (κ1) is 13.5. The molecule has 100 valence electrons. The molecule has 0 aliphatic rings. The zero-order chi connectivity index (χ0) is 13.8. The second-order valence-electron chi connectivity index (χ2n) is 4.08. The molecule has 0 spiro atoms. The van der Waals surface area contributed by atoms with E-state index in [0.717, 1.165) is 5.56 Å². The molecule has 0 radical (unpaired) electrons. The van der Waals surface area contributed by atoms with Crippen molar-refractivity contribution in [1.29, 1.82) is 0 Å². The minimum Gasteiger partial charge on any atom is -0.465 e. The molecule has 0 fully saturated rings. The van der Waals surface area contributed by atoms with Gasteiger partial charge in [-0.1, -0.05) is 17.4 Å². The first-order chi connectivity index (χ1) is 9.11. The van der Waals surface area contributed by atoms with Gasteiger partial charge in [-0.05, 0) is 25.5 Å². The molecule has 6 heteroatoms. The zero-order valence-electron chi connectivity index (χ0n) is 11.0. The Bertz CT molecular complexity index is 569. The number of anilines is 1. The van der Waals surface area contributed by atoms with Crippen LogP contribution in [0.3, 0.4) is 0 Å². The highest BCUT2D eigenvalue weighted by Crippen LogP contribution is 2.26. The summed E-state index contributed by atoms with van der Waals surface area (Å²) in [7, 11) is 1.37. The van der Waals surface area contributed by atoms with Crippen LogP contribution in [0.5, 0.6) is 0 Å². The summed E-state index contributed by atoms with van der Waals surface area (Å²) in [5.74, 6) is -0.350. The molecule has 1 N–H and O–H groups in total. The van der Waals surface area contributed by atoms with Gasteiger partial charge in [-0.2, -0.15) is 0 Å². The van der Waals surface area contributed by atoms with Crippen molar-refractivity contribution < 1.29 is 9.53 Å². The number of methoxy groups -OCH3 is 1. The average molecular weight is 277 g/mol. The van der Waals surface area contributed by atoms with E-state index < -0.39 is 0 Å². The Morgan fingerprint density at radius 2 is 2.32 bits per heavy atom. The summed E-state index contributed by atoms with van der Waals surface area (Å²) in [4.78, 5) is 20.5. The molecule has 2 rings (SSSR count). The van der Waals surface area contributed by atoms with Crippen LogP contribution in [0, 0.1) is 6.92 Å². The summed E-state index contributed by atoms with van der Waals surface area (Å²) < 4.78 is 4.71. The third kappa shape index (κ3) is 3.08. The van der Waals surface area contributed by atoms with Crippen LogP contribution in [0.4, 0.5) is 5.13 Å². The minimum atomic E-state index is -0.350. The van der Waals surface area contributed by atoms with E-state index in [1.807, 2.05) is 19.1 Å². The fourth-order valence-electron chi connectivity index (χ4n) is 1.64. The van der Waals surface area contributed by atoms with Crippen molar-refractivity contribution in [3.05, 3.63) is 40.7 Å². The van der Waals surface area contributed by atoms with Gasteiger partial charge in [0.2, 0.25) is 0 Å². The smallest absolute Gasteiger partial charge is 0.350 e. The number of esters is 1. The predicted molar refractivity (Wildman–Crippen MR) is 74.5 cm³/mol. The van der Waals surface area contributed by atoms with Gasteiger partial charge in [0.1, 0.15) is 4.88 Å². The third-order valence-corrected chi connectivity index (χ3v) is 3.76. The van der Waals surface area contributed by atoms with E-state index in [1.165, 1.54) is 18.4 Å². The summed E-state index contributed by atoms with van der Waals surface area (Å²) >= 11 is 1.30. The lowest BCUT2D eigenvalue weighted by molar-refractivity contribution is 0.0605. The van der Waals surface area contributed by atoms with Crippen molar-refractivity contribution in [3.63, 3.8) is 0 Å². The first-order valence-corrected chi connectivity index (χ1v) is 6.65. The number of hydrogen-bond acceptors (Lipinski definition) is 6. The molecular formula is C13H15N3O2S. The van der Waals surface area contributed by atoms with Gasteiger partial charge in [0.25, 0.3) is 0 Å². The van der Waals surface area contributed by atoms with E-state index in [2.05, 4.69) is 15.3 Å². The fourth-order valence-corrected chi connectivity index (χ4v) is 2.61. The maximum Gasteiger partial charge on any atom is 0.350 e. The molecule has 0 saturated carbocycles. The minimum absolute atomic E-state index is 0.0738. The van der Waals surface area contributed by atoms with Crippen LogP contribution in [0.15, 0.2) is 24.5 Å². The van der Waals surface area contributed by atoms with Gasteiger partial charge in [0, 0.05) is 12.4 Å². The molecule has 1 unspecified atom stereocenters. The number of aromatic nitrogens is 2. The normalized spacial score (nSPS) is 11.9. The molecule has 0 saturated heterocycles. The molecule has 0 aliphatic carbocycles. The van der Waals surface area contributed by atoms with Crippen LogP contribution in [0.25, 0.3) is 0 Å². The van der Waals surface area contributed by atoms with E-state index in [1.54, 1.807) is 19.3 Å². The molecule has 5 nitrogen and oxygen atoms in total. The van der Waals surface area contributed by atoms with E-state index in [-0.39, 0.29) is 12.0 Å². The number of pyridine rings is 1. The number of carbonyl (C=O) groups excluding carboxylic acids is 1. The second kappa shape index (κ2) is 5.79. The predicted octanol–water partition coefficient (Wildman–Crippen LogP) is 2.81. The molecule has 2 heterocycles. The van der Waals surface area contributed by atoms with Gasteiger partial charge in [0.15, 0.2) is 5.13 Å². The lowest BCUT2D eigenvalue weighted by Gasteiger charge is -2.12. The topological polar surface area (TPSA) is 64.1 Å². The van der Waals surface area contributed by atoms with Crippen molar-refractivity contribution >= 4 is 22.4 Å². The summed E-state index contributed by atoms with van der Waals surface area (Å²) in [5.41, 5.74) is 1.74. The average Bonchev–Trinajstić information content (AvgIpc) is 2.79. The first-order valence-electron chi connectivity index (χ1n) is 5.84. The molecule has 0 aliphatic heterocycles. The molecular weight excluding hydrogens is 262 g/mol. The molecule has 0 amide bonds.